The summed E-state index contributed by atoms with van der Waals surface area (Å²) in [5, 5.41) is 3.05. The number of hydrogen-bond donors (Lipinski definition) is 1. The number of halogens is 2. The molecule has 1 atom stereocenters. The minimum Gasteiger partial charge on any atom is -0.378 e. The van der Waals surface area contributed by atoms with Gasteiger partial charge in [-0.05, 0) is 43.2 Å². The van der Waals surface area contributed by atoms with Crippen LogP contribution in [0.15, 0.2) is 18.2 Å². The number of nitrogens with one attached hydrogen (secondary N) is 1. The molecule has 1 aromatic rings. The van der Waals surface area contributed by atoms with Crippen LogP contribution in [-0.4, -0.2) is 6.04 Å². The van der Waals surface area contributed by atoms with Crippen molar-refractivity contribution >= 4 is 5.69 Å². The summed E-state index contributed by atoms with van der Waals surface area (Å²) in [5.41, 5.74) is 0.381. The molecule has 0 aromatic heterocycles. The lowest BCUT2D eigenvalue weighted by molar-refractivity contribution is 0.313. The van der Waals surface area contributed by atoms with Crippen LogP contribution >= 0.6 is 0 Å². The maximum atomic E-state index is 13.6. The fraction of sp³-hybridized carbons (Fsp3) is 0.600. The molecule has 0 aliphatic heterocycles. The Labute approximate surface area is 108 Å². The molecule has 3 heteroatoms. The Kier molecular flexibility index (Phi) is 3.88. The summed E-state index contributed by atoms with van der Waals surface area (Å²) in [5.74, 6) is -1.00. The highest BCUT2D eigenvalue weighted by molar-refractivity contribution is 5.46. The van der Waals surface area contributed by atoms with Crippen LogP contribution in [0.3, 0.4) is 0 Å². The van der Waals surface area contributed by atoms with Crippen LogP contribution < -0.4 is 5.32 Å². The minimum absolute atomic E-state index is 0.0298. The summed E-state index contributed by atoms with van der Waals surface area (Å²) in [6, 6.07) is 4.17. The van der Waals surface area contributed by atoms with Gasteiger partial charge in [0.05, 0.1) is 0 Å². The first-order valence-electron chi connectivity index (χ1n) is 6.68. The molecule has 0 saturated heterocycles. The molecule has 2 rings (SSSR count). The number of benzene rings is 1. The summed E-state index contributed by atoms with van der Waals surface area (Å²) in [4.78, 5) is 0. The second kappa shape index (κ2) is 5.25. The van der Waals surface area contributed by atoms with Crippen molar-refractivity contribution in [1.82, 2.24) is 0 Å². The van der Waals surface area contributed by atoms with Crippen molar-refractivity contribution in [3.8, 4) is 0 Å². The highest BCUT2D eigenvalue weighted by Crippen LogP contribution is 2.35. The van der Waals surface area contributed by atoms with Crippen LogP contribution in [-0.2, 0) is 0 Å². The van der Waals surface area contributed by atoms with Crippen LogP contribution in [0.25, 0.3) is 0 Å². The topological polar surface area (TPSA) is 12.0 Å². The van der Waals surface area contributed by atoms with Gasteiger partial charge in [-0.2, -0.15) is 0 Å². The fourth-order valence-corrected chi connectivity index (χ4v) is 2.65. The fourth-order valence-electron chi connectivity index (χ4n) is 2.65. The molecule has 0 radical (unpaired) electrons. The van der Waals surface area contributed by atoms with Gasteiger partial charge in [-0.3, -0.25) is 0 Å². The molecule has 1 aliphatic rings. The molecule has 1 nitrogen and oxygen atoms in total. The second-order valence-corrected chi connectivity index (χ2v) is 6.03. The lowest BCUT2D eigenvalue weighted by Crippen LogP contribution is -2.20. The molecule has 1 fully saturated rings. The van der Waals surface area contributed by atoms with E-state index in [4.69, 9.17) is 0 Å². The van der Waals surface area contributed by atoms with Crippen LogP contribution in [0.4, 0.5) is 14.5 Å². The Balaban J connectivity index is 2.05. The van der Waals surface area contributed by atoms with Gasteiger partial charge in [-0.1, -0.05) is 26.3 Å². The predicted octanol–water partition coefficient (Wildman–Crippen LogP) is 4.74. The Morgan fingerprint density at radius 1 is 1.11 bits per heavy atom. The predicted molar refractivity (Wildman–Crippen MR) is 70.6 cm³/mol. The molecule has 1 aromatic carbocycles. The Hall–Kier alpha value is -1.12. The van der Waals surface area contributed by atoms with Gasteiger partial charge in [-0.15, -0.1) is 0 Å². The van der Waals surface area contributed by atoms with Crippen molar-refractivity contribution in [2.75, 3.05) is 5.32 Å². The van der Waals surface area contributed by atoms with Gasteiger partial charge < -0.3 is 5.32 Å². The third-order valence-electron chi connectivity index (χ3n) is 3.89. The van der Waals surface area contributed by atoms with Crippen molar-refractivity contribution in [2.24, 2.45) is 5.41 Å². The van der Waals surface area contributed by atoms with Gasteiger partial charge in [-0.25, -0.2) is 8.78 Å². The molecule has 0 heterocycles. The van der Waals surface area contributed by atoms with Gasteiger partial charge in [0, 0.05) is 6.04 Å². The largest absolute Gasteiger partial charge is 0.378 e. The highest BCUT2D eigenvalue weighted by atomic mass is 19.1. The number of hydrogen-bond acceptors (Lipinski definition) is 1. The minimum atomic E-state index is -0.501. The molecule has 1 N–H and O–H groups in total. The Morgan fingerprint density at radius 3 is 2.44 bits per heavy atom. The summed E-state index contributed by atoms with van der Waals surface area (Å²) in [7, 11) is 0. The normalized spacial score (nSPS) is 23.4. The highest BCUT2D eigenvalue weighted by Gasteiger charge is 2.25. The zero-order chi connectivity index (χ0) is 13.2. The van der Waals surface area contributed by atoms with Gasteiger partial charge in [0.2, 0.25) is 0 Å². The zero-order valence-electron chi connectivity index (χ0n) is 11.1. The van der Waals surface area contributed by atoms with Crippen molar-refractivity contribution in [3.63, 3.8) is 0 Å². The monoisotopic (exact) mass is 253 g/mol. The van der Waals surface area contributed by atoms with Gasteiger partial charge in [0.15, 0.2) is 0 Å². The van der Waals surface area contributed by atoms with Crippen molar-refractivity contribution in [2.45, 2.75) is 52.0 Å². The van der Waals surface area contributed by atoms with E-state index in [1.807, 2.05) is 0 Å². The maximum absolute atomic E-state index is 13.6. The van der Waals surface area contributed by atoms with E-state index in [2.05, 4.69) is 19.2 Å². The van der Waals surface area contributed by atoms with E-state index >= 15 is 0 Å². The molecule has 18 heavy (non-hydrogen) atoms. The van der Waals surface area contributed by atoms with Crippen molar-refractivity contribution < 1.29 is 8.78 Å². The van der Waals surface area contributed by atoms with E-state index in [9.17, 15) is 8.78 Å². The quantitative estimate of drug-likeness (QED) is 0.751. The second-order valence-electron chi connectivity index (χ2n) is 6.03. The molecular formula is C15H21F2N. The first-order valence-corrected chi connectivity index (χ1v) is 6.68. The van der Waals surface area contributed by atoms with E-state index in [1.54, 1.807) is 0 Å². The van der Waals surface area contributed by atoms with E-state index < -0.39 is 11.6 Å². The smallest absolute Gasteiger partial charge is 0.149 e. The average molecular weight is 253 g/mol. The molecule has 0 spiro atoms. The molecule has 1 aliphatic carbocycles. The maximum Gasteiger partial charge on any atom is 0.149 e. The molecule has 1 unspecified atom stereocenters. The third-order valence-corrected chi connectivity index (χ3v) is 3.89. The van der Waals surface area contributed by atoms with Gasteiger partial charge >= 0.3 is 0 Å². The van der Waals surface area contributed by atoms with Crippen molar-refractivity contribution in [1.29, 1.82) is 0 Å². The van der Waals surface area contributed by atoms with E-state index in [-0.39, 0.29) is 11.7 Å². The SMILES string of the molecule is CC1(C)CCCC(Nc2c(F)cccc2F)CC1. The number of para-hydroxylation sites is 1. The number of rotatable bonds is 2. The van der Waals surface area contributed by atoms with Gasteiger partial charge in [0.1, 0.15) is 17.3 Å². The van der Waals surface area contributed by atoms with Crippen LogP contribution in [0, 0.1) is 17.0 Å². The Bertz CT molecular complexity index is 395. The molecule has 0 bridgehead atoms. The zero-order valence-corrected chi connectivity index (χ0v) is 11.1. The summed E-state index contributed by atoms with van der Waals surface area (Å²) in [6.45, 7) is 4.53. The first kappa shape index (κ1) is 13.3. The molecular weight excluding hydrogens is 232 g/mol. The molecule has 0 amide bonds. The van der Waals surface area contributed by atoms with E-state index in [0.29, 0.717) is 5.41 Å². The summed E-state index contributed by atoms with van der Waals surface area (Å²) >= 11 is 0. The average Bonchev–Trinajstić information content (AvgIpc) is 2.46. The lowest BCUT2D eigenvalue weighted by Gasteiger charge is -2.22. The molecule has 100 valence electrons. The summed E-state index contributed by atoms with van der Waals surface area (Å²) < 4.78 is 27.1. The summed E-state index contributed by atoms with van der Waals surface area (Å²) in [6.07, 6.45) is 5.35. The Morgan fingerprint density at radius 2 is 1.78 bits per heavy atom. The first-order chi connectivity index (χ1) is 8.48. The lowest BCUT2D eigenvalue weighted by atomic mass is 9.85. The van der Waals surface area contributed by atoms with Crippen LogP contribution in [0.5, 0.6) is 0 Å². The number of anilines is 1. The van der Waals surface area contributed by atoms with Gasteiger partial charge in [0.25, 0.3) is 0 Å². The third kappa shape index (κ3) is 3.21. The molecule has 1 saturated carbocycles. The van der Waals surface area contributed by atoms with Crippen molar-refractivity contribution in [3.05, 3.63) is 29.8 Å². The van der Waals surface area contributed by atoms with E-state index in [1.165, 1.54) is 24.6 Å². The standard InChI is InChI=1S/C15H21F2N/c1-15(2)9-4-5-11(8-10-15)18-14-12(16)6-3-7-13(14)17/h3,6-7,11,18H,4-5,8-10H2,1-2H3. The van der Waals surface area contributed by atoms with E-state index in [0.717, 1.165) is 25.7 Å². The van der Waals surface area contributed by atoms with Crippen LogP contribution in [0.2, 0.25) is 0 Å². The van der Waals surface area contributed by atoms with Crippen LogP contribution in [0.1, 0.15) is 46.0 Å².